The van der Waals surface area contributed by atoms with Crippen molar-refractivity contribution in [2.24, 2.45) is 34.0 Å². The number of hydrogen-bond acceptors (Lipinski definition) is 2. The van der Waals surface area contributed by atoms with Gasteiger partial charge >= 0.3 is 0 Å². The average molecular weight is 304 g/mol. The van der Waals surface area contributed by atoms with Gasteiger partial charge in [0, 0.05) is 0 Å². The molecule has 2 heteroatoms. The first-order valence-corrected chi connectivity index (χ1v) is 9.31. The van der Waals surface area contributed by atoms with Gasteiger partial charge in [0.15, 0.2) is 0 Å². The smallest absolute Gasteiger partial charge is 0.126 e. The molecule has 7 atom stereocenters. The van der Waals surface area contributed by atoms with Crippen LogP contribution in [-0.4, -0.2) is 18.0 Å². The van der Waals surface area contributed by atoms with Crippen molar-refractivity contribution in [2.45, 2.75) is 84.8 Å². The van der Waals surface area contributed by atoms with Crippen molar-refractivity contribution in [3.8, 4) is 0 Å². The zero-order valence-electron chi connectivity index (χ0n) is 14.9. The molecular formula is C20H32O2. The summed E-state index contributed by atoms with van der Waals surface area (Å²) in [6.45, 7) is 12.1. The summed E-state index contributed by atoms with van der Waals surface area (Å²) in [5.41, 5.74) is 0.835. The van der Waals surface area contributed by atoms with Gasteiger partial charge in [0.05, 0.1) is 12.0 Å². The van der Waals surface area contributed by atoms with E-state index in [1.807, 2.05) is 0 Å². The van der Waals surface area contributed by atoms with Crippen molar-refractivity contribution < 1.29 is 9.53 Å². The lowest BCUT2D eigenvalue weighted by molar-refractivity contribution is -0.165. The highest BCUT2D eigenvalue weighted by Gasteiger charge is 2.72. The van der Waals surface area contributed by atoms with Crippen molar-refractivity contribution >= 4 is 6.29 Å². The van der Waals surface area contributed by atoms with Gasteiger partial charge in [0.25, 0.3) is 0 Å². The third kappa shape index (κ3) is 1.63. The summed E-state index contributed by atoms with van der Waals surface area (Å²) in [7, 11) is 0. The Balaban J connectivity index is 1.77. The molecule has 0 unspecified atom stereocenters. The van der Waals surface area contributed by atoms with E-state index >= 15 is 0 Å². The van der Waals surface area contributed by atoms with Gasteiger partial charge in [-0.2, -0.15) is 0 Å². The SMILES string of the molecule is CC1(C)CCC[C@]2(C)[C@H]3C[C@H]4O[C@@]4(C)[C@@H](C=O)[C@]3(C)CC[C@@H]12. The number of aldehydes is 1. The quantitative estimate of drug-likeness (QED) is 0.523. The van der Waals surface area contributed by atoms with Gasteiger partial charge in [0.1, 0.15) is 11.9 Å². The first kappa shape index (κ1) is 15.2. The van der Waals surface area contributed by atoms with Crippen LogP contribution in [0.1, 0.15) is 73.1 Å². The van der Waals surface area contributed by atoms with E-state index in [2.05, 4.69) is 34.6 Å². The number of epoxide rings is 1. The Kier molecular flexibility index (Phi) is 2.88. The first-order valence-electron chi connectivity index (χ1n) is 9.31. The summed E-state index contributed by atoms with van der Waals surface area (Å²) >= 11 is 0. The molecule has 0 aromatic carbocycles. The van der Waals surface area contributed by atoms with E-state index in [9.17, 15) is 4.79 Å². The Bertz CT molecular complexity index is 512. The molecule has 0 bridgehead atoms. The molecule has 0 N–H and O–H groups in total. The Labute approximate surface area is 135 Å². The van der Waals surface area contributed by atoms with Crippen LogP contribution in [0.15, 0.2) is 0 Å². The van der Waals surface area contributed by atoms with Crippen LogP contribution in [0.4, 0.5) is 0 Å². The number of fused-ring (bicyclic) bond motifs is 4. The average Bonchev–Trinajstić information content (AvgIpc) is 3.06. The minimum Gasteiger partial charge on any atom is -0.366 e. The maximum Gasteiger partial charge on any atom is 0.126 e. The summed E-state index contributed by atoms with van der Waals surface area (Å²) in [6.07, 6.45) is 9.31. The van der Waals surface area contributed by atoms with Crippen LogP contribution in [0.25, 0.3) is 0 Å². The second kappa shape index (κ2) is 4.18. The van der Waals surface area contributed by atoms with E-state index in [0.29, 0.717) is 22.9 Å². The summed E-state index contributed by atoms with van der Waals surface area (Å²) < 4.78 is 6.07. The molecule has 4 fully saturated rings. The fourth-order valence-electron chi connectivity index (χ4n) is 7.58. The van der Waals surface area contributed by atoms with Gasteiger partial charge in [-0.25, -0.2) is 0 Å². The monoisotopic (exact) mass is 304 g/mol. The Hall–Kier alpha value is -0.370. The minimum absolute atomic E-state index is 0.0894. The lowest BCUT2D eigenvalue weighted by Gasteiger charge is -2.65. The van der Waals surface area contributed by atoms with Crippen LogP contribution in [-0.2, 0) is 9.53 Å². The van der Waals surface area contributed by atoms with E-state index in [0.717, 1.165) is 5.92 Å². The van der Waals surface area contributed by atoms with Crippen molar-refractivity contribution in [1.82, 2.24) is 0 Å². The van der Waals surface area contributed by atoms with Crippen molar-refractivity contribution in [2.75, 3.05) is 0 Å². The molecule has 3 aliphatic carbocycles. The van der Waals surface area contributed by atoms with Crippen molar-refractivity contribution in [1.29, 1.82) is 0 Å². The van der Waals surface area contributed by atoms with E-state index in [4.69, 9.17) is 4.74 Å². The largest absolute Gasteiger partial charge is 0.366 e. The molecule has 1 heterocycles. The third-order valence-corrected chi connectivity index (χ3v) is 8.73. The Morgan fingerprint density at radius 2 is 1.68 bits per heavy atom. The Morgan fingerprint density at radius 3 is 2.36 bits per heavy atom. The third-order valence-electron chi connectivity index (χ3n) is 8.73. The highest BCUT2D eigenvalue weighted by Crippen LogP contribution is 2.72. The molecule has 2 nitrogen and oxygen atoms in total. The predicted molar refractivity (Wildman–Crippen MR) is 87.5 cm³/mol. The molecule has 1 saturated heterocycles. The topological polar surface area (TPSA) is 29.6 Å². The van der Waals surface area contributed by atoms with Crippen LogP contribution in [0.5, 0.6) is 0 Å². The number of hydrogen-bond donors (Lipinski definition) is 0. The summed E-state index contributed by atoms with van der Waals surface area (Å²) in [4.78, 5) is 12.0. The maximum atomic E-state index is 12.0. The number of ether oxygens (including phenoxy) is 1. The standard InChI is InChI=1S/C20H32O2/c1-17(2)8-6-9-18(3)13(17)7-10-19(4)14(18)11-16-20(5,22-16)15(19)12-21/h12-16H,6-11H2,1-5H3/t13-,14+,15-,16+,18-,19+,20-/m0/s1. The molecule has 1 aliphatic heterocycles. The van der Waals surface area contributed by atoms with Gasteiger partial charge in [-0.05, 0) is 67.1 Å². The second-order valence-corrected chi connectivity index (χ2v) is 10.1. The number of carbonyl (C=O) groups is 1. The first-order chi connectivity index (χ1) is 10.2. The normalized spacial score (nSPS) is 59.0. The van der Waals surface area contributed by atoms with Gasteiger partial charge in [-0.3, -0.25) is 0 Å². The van der Waals surface area contributed by atoms with Crippen molar-refractivity contribution in [3.63, 3.8) is 0 Å². The molecule has 3 saturated carbocycles. The highest BCUT2D eigenvalue weighted by molar-refractivity contribution is 5.60. The van der Waals surface area contributed by atoms with Gasteiger partial charge < -0.3 is 9.53 Å². The van der Waals surface area contributed by atoms with Gasteiger partial charge in [-0.15, -0.1) is 0 Å². The maximum absolute atomic E-state index is 12.0. The second-order valence-electron chi connectivity index (χ2n) is 10.1. The van der Waals surface area contributed by atoms with E-state index in [1.165, 1.54) is 44.8 Å². The van der Waals surface area contributed by atoms with Crippen molar-refractivity contribution in [3.05, 3.63) is 0 Å². The molecule has 0 aromatic rings. The summed E-state index contributed by atoms with van der Waals surface area (Å²) in [5.74, 6) is 1.54. The zero-order chi connectivity index (χ0) is 16.0. The molecule has 0 spiro atoms. The summed E-state index contributed by atoms with van der Waals surface area (Å²) in [5, 5.41) is 0. The molecule has 4 aliphatic rings. The fraction of sp³-hybridized carbons (Fsp3) is 0.950. The number of rotatable bonds is 1. The van der Waals surface area contributed by atoms with Gasteiger partial charge in [-0.1, -0.05) is 34.1 Å². The summed E-state index contributed by atoms with van der Waals surface area (Å²) in [6, 6.07) is 0. The predicted octanol–water partition coefficient (Wildman–Crippen LogP) is 4.61. The molecular weight excluding hydrogens is 272 g/mol. The molecule has 0 aromatic heterocycles. The van der Waals surface area contributed by atoms with Gasteiger partial charge in [0.2, 0.25) is 0 Å². The molecule has 124 valence electrons. The molecule has 0 amide bonds. The van der Waals surface area contributed by atoms with Crippen LogP contribution in [0, 0.1) is 34.0 Å². The molecule has 22 heavy (non-hydrogen) atoms. The van der Waals surface area contributed by atoms with E-state index in [1.54, 1.807) is 0 Å². The van der Waals surface area contributed by atoms with Crippen LogP contribution < -0.4 is 0 Å². The van der Waals surface area contributed by atoms with Crippen LogP contribution in [0.3, 0.4) is 0 Å². The lowest BCUT2D eigenvalue weighted by atomic mass is 9.39. The zero-order valence-corrected chi connectivity index (χ0v) is 14.9. The molecule has 0 radical (unpaired) electrons. The Morgan fingerprint density at radius 1 is 0.955 bits per heavy atom. The lowest BCUT2D eigenvalue weighted by Crippen LogP contribution is -2.61. The van der Waals surface area contributed by atoms with E-state index < -0.39 is 0 Å². The highest BCUT2D eigenvalue weighted by atomic mass is 16.6. The number of carbonyl (C=O) groups excluding carboxylic acids is 1. The fourth-order valence-corrected chi connectivity index (χ4v) is 7.58. The minimum atomic E-state index is -0.152. The van der Waals surface area contributed by atoms with Crippen LogP contribution in [0.2, 0.25) is 0 Å². The molecule has 4 rings (SSSR count). The van der Waals surface area contributed by atoms with Crippen LogP contribution >= 0.6 is 0 Å². The van der Waals surface area contributed by atoms with E-state index in [-0.39, 0.29) is 16.9 Å².